The Kier molecular flexibility index (Phi) is 4.64. The average Bonchev–Trinajstić information content (AvgIpc) is 3.34. The number of rotatable bonds is 4. The first-order valence-electron chi connectivity index (χ1n) is 7.80. The number of quaternary nitrogens is 1. The van der Waals surface area contributed by atoms with Crippen molar-refractivity contribution >= 4 is 29.1 Å². The number of amides is 2. The van der Waals surface area contributed by atoms with E-state index in [9.17, 15) is 9.59 Å². The molecule has 1 heterocycles. The van der Waals surface area contributed by atoms with Crippen molar-refractivity contribution in [1.82, 2.24) is 4.90 Å². The average molecular weight is 323 g/mol. The first-order valence-corrected chi connectivity index (χ1v) is 8.18. The van der Waals surface area contributed by atoms with Crippen LogP contribution in [0.2, 0.25) is 5.02 Å². The third kappa shape index (κ3) is 3.78. The Hall–Kier alpha value is -1.59. The second-order valence-electron chi connectivity index (χ2n) is 6.05. The fourth-order valence-electron chi connectivity index (χ4n) is 2.79. The molecule has 5 nitrogen and oxygen atoms in total. The first-order chi connectivity index (χ1) is 10.6. The lowest BCUT2D eigenvalue weighted by molar-refractivity contribution is -0.895. The highest BCUT2D eigenvalue weighted by Gasteiger charge is 2.35. The summed E-state index contributed by atoms with van der Waals surface area (Å²) in [5.74, 6) is 0.551. The molecular weight excluding hydrogens is 302 g/mol. The van der Waals surface area contributed by atoms with Gasteiger partial charge in [-0.2, -0.15) is 0 Å². The van der Waals surface area contributed by atoms with E-state index in [-0.39, 0.29) is 11.8 Å². The lowest BCUT2D eigenvalue weighted by Gasteiger charge is -2.32. The van der Waals surface area contributed by atoms with E-state index in [0.29, 0.717) is 23.2 Å². The molecule has 2 amide bonds. The van der Waals surface area contributed by atoms with Crippen LogP contribution in [0.25, 0.3) is 0 Å². The van der Waals surface area contributed by atoms with Crippen LogP contribution in [0.3, 0.4) is 0 Å². The third-order valence-corrected chi connectivity index (χ3v) is 4.60. The monoisotopic (exact) mass is 322 g/mol. The van der Waals surface area contributed by atoms with Gasteiger partial charge in [-0.25, -0.2) is 0 Å². The molecule has 1 saturated carbocycles. The van der Waals surface area contributed by atoms with Crippen molar-refractivity contribution in [3.05, 3.63) is 29.3 Å². The van der Waals surface area contributed by atoms with Crippen LogP contribution in [-0.4, -0.2) is 49.4 Å². The SMILES string of the molecule is O=C(C[NH+]1CCN(C(=O)C2CC2)CC1)Nc1ccccc1Cl. The Morgan fingerprint density at radius 1 is 1.23 bits per heavy atom. The Labute approximate surface area is 135 Å². The fourth-order valence-corrected chi connectivity index (χ4v) is 2.98. The summed E-state index contributed by atoms with van der Waals surface area (Å²) in [6.07, 6.45) is 2.10. The van der Waals surface area contributed by atoms with Crippen LogP contribution >= 0.6 is 11.6 Å². The van der Waals surface area contributed by atoms with E-state index in [1.54, 1.807) is 12.1 Å². The summed E-state index contributed by atoms with van der Waals surface area (Å²) < 4.78 is 0. The number of nitrogens with one attached hydrogen (secondary N) is 2. The van der Waals surface area contributed by atoms with Gasteiger partial charge in [0.05, 0.1) is 36.9 Å². The molecule has 118 valence electrons. The zero-order valence-corrected chi connectivity index (χ0v) is 13.2. The molecule has 22 heavy (non-hydrogen) atoms. The number of carbonyl (C=O) groups is 2. The first kappa shape index (κ1) is 15.3. The maximum absolute atomic E-state index is 12.1. The largest absolute Gasteiger partial charge is 0.331 e. The highest BCUT2D eigenvalue weighted by Crippen LogP contribution is 2.30. The van der Waals surface area contributed by atoms with Gasteiger partial charge in [0.15, 0.2) is 6.54 Å². The maximum atomic E-state index is 12.1. The number of para-hydroxylation sites is 1. The quantitative estimate of drug-likeness (QED) is 0.844. The Morgan fingerprint density at radius 3 is 2.55 bits per heavy atom. The molecule has 2 fully saturated rings. The molecule has 6 heteroatoms. The third-order valence-electron chi connectivity index (χ3n) is 4.27. The van der Waals surface area contributed by atoms with Gasteiger partial charge < -0.3 is 15.1 Å². The van der Waals surface area contributed by atoms with E-state index in [2.05, 4.69) is 5.32 Å². The molecule has 1 saturated heterocycles. The van der Waals surface area contributed by atoms with E-state index in [1.807, 2.05) is 17.0 Å². The fraction of sp³-hybridized carbons (Fsp3) is 0.500. The van der Waals surface area contributed by atoms with E-state index in [4.69, 9.17) is 11.6 Å². The normalized spacial score (nSPS) is 19.0. The summed E-state index contributed by atoms with van der Waals surface area (Å²) in [7, 11) is 0. The number of nitrogens with zero attached hydrogens (tertiary/aromatic N) is 1. The Bertz CT molecular complexity index is 566. The highest BCUT2D eigenvalue weighted by atomic mass is 35.5. The predicted molar refractivity (Wildman–Crippen MR) is 84.9 cm³/mol. The van der Waals surface area contributed by atoms with Crippen molar-refractivity contribution in [2.45, 2.75) is 12.8 Å². The minimum Gasteiger partial charge on any atom is -0.331 e. The smallest absolute Gasteiger partial charge is 0.279 e. The van der Waals surface area contributed by atoms with Crippen molar-refractivity contribution in [2.75, 3.05) is 38.0 Å². The van der Waals surface area contributed by atoms with E-state index in [1.165, 1.54) is 4.90 Å². The molecule has 2 N–H and O–H groups in total. The molecule has 0 spiro atoms. The standard InChI is InChI=1S/C16H20ClN3O2/c17-13-3-1-2-4-14(13)18-15(21)11-19-7-9-20(10-8-19)16(22)12-5-6-12/h1-4,12H,5-11H2,(H,18,21)/p+1. The summed E-state index contributed by atoms with van der Waals surface area (Å²) in [5.41, 5.74) is 0.649. The molecule has 1 aromatic carbocycles. The van der Waals surface area contributed by atoms with Crippen molar-refractivity contribution < 1.29 is 14.5 Å². The Balaban J connectivity index is 1.45. The molecule has 1 aliphatic carbocycles. The molecule has 3 rings (SSSR count). The number of carbonyl (C=O) groups excluding carboxylic acids is 2. The number of hydrogen-bond acceptors (Lipinski definition) is 2. The van der Waals surface area contributed by atoms with Crippen molar-refractivity contribution in [1.29, 1.82) is 0 Å². The zero-order valence-electron chi connectivity index (χ0n) is 12.5. The summed E-state index contributed by atoms with van der Waals surface area (Å²) in [5, 5.41) is 3.39. The van der Waals surface area contributed by atoms with Crippen molar-refractivity contribution in [3.8, 4) is 0 Å². The Morgan fingerprint density at radius 2 is 1.91 bits per heavy atom. The van der Waals surface area contributed by atoms with Crippen molar-refractivity contribution in [3.63, 3.8) is 0 Å². The van der Waals surface area contributed by atoms with Gasteiger partial charge >= 0.3 is 0 Å². The van der Waals surface area contributed by atoms with Gasteiger partial charge in [0.25, 0.3) is 5.91 Å². The minimum atomic E-state index is -0.0370. The van der Waals surface area contributed by atoms with Gasteiger partial charge in [0.2, 0.25) is 5.91 Å². The summed E-state index contributed by atoms with van der Waals surface area (Å²) in [6.45, 7) is 3.58. The summed E-state index contributed by atoms with van der Waals surface area (Å²) in [4.78, 5) is 27.2. The second-order valence-corrected chi connectivity index (χ2v) is 6.46. The van der Waals surface area contributed by atoms with Crippen LogP contribution in [0.4, 0.5) is 5.69 Å². The topological polar surface area (TPSA) is 53.9 Å². The van der Waals surface area contributed by atoms with Crippen LogP contribution in [0.5, 0.6) is 0 Å². The molecule has 1 aliphatic heterocycles. The number of piperazine rings is 1. The second kappa shape index (κ2) is 6.67. The van der Waals surface area contributed by atoms with E-state index >= 15 is 0 Å². The van der Waals surface area contributed by atoms with Crippen molar-refractivity contribution in [2.24, 2.45) is 5.92 Å². The van der Waals surface area contributed by atoms with Crippen LogP contribution in [-0.2, 0) is 9.59 Å². The van der Waals surface area contributed by atoms with E-state index < -0.39 is 0 Å². The lowest BCUT2D eigenvalue weighted by atomic mass is 10.2. The van der Waals surface area contributed by atoms with Gasteiger partial charge in [-0.15, -0.1) is 0 Å². The number of benzene rings is 1. The minimum absolute atomic E-state index is 0.0370. The number of hydrogen-bond donors (Lipinski definition) is 2. The molecule has 0 aromatic heterocycles. The van der Waals surface area contributed by atoms with Crippen LogP contribution in [0, 0.1) is 5.92 Å². The number of anilines is 1. The molecular formula is C16H21ClN3O2+. The van der Waals surface area contributed by atoms with Gasteiger partial charge in [-0.05, 0) is 25.0 Å². The molecule has 0 atom stereocenters. The zero-order chi connectivity index (χ0) is 15.5. The van der Waals surface area contributed by atoms with Crippen LogP contribution in [0.1, 0.15) is 12.8 Å². The van der Waals surface area contributed by atoms with Gasteiger partial charge in [-0.3, -0.25) is 9.59 Å². The van der Waals surface area contributed by atoms with Gasteiger partial charge in [0.1, 0.15) is 0 Å². The molecule has 1 aromatic rings. The molecule has 0 unspecified atom stereocenters. The molecule has 2 aliphatic rings. The maximum Gasteiger partial charge on any atom is 0.279 e. The van der Waals surface area contributed by atoms with E-state index in [0.717, 1.165) is 39.0 Å². The summed E-state index contributed by atoms with van der Waals surface area (Å²) in [6, 6.07) is 7.23. The van der Waals surface area contributed by atoms with Gasteiger partial charge in [0, 0.05) is 5.92 Å². The highest BCUT2D eigenvalue weighted by molar-refractivity contribution is 6.33. The van der Waals surface area contributed by atoms with Gasteiger partial charge in [-0.1, -0.05) is 23.7 Å². The summed E-state index contributed by atoms with van der Waals surface area (Å²) >= 11 is 6.03. The lowest BCUT2D eigenvalue weighted by Crippen LogP contribution is -3.15. The predicted octanol–water partition coefficient (Wildman–Crippen LogP) is 0.416. The number of halogens is 1. The van der Waals surface area contributed by atoms with Crippen LogP contribution < -0.4 is 10.2 Å². The molecule has 0 bridgehead atoms. The molecule has 0 radical (unpaired) electrons. The van der Waals surface area contributed by atoms with Crippen LogP contribution in [0.15, 0.2) is 24.3 Å².